The Morgan fingerprint density at radius 1 is 0.427 bits per heavy atom. The van der Waals surface area contributed by atoms with Crippen LogP contribution in [-0.4, -0.2) is 19.1 Å². The summed E-state index contributed by atoms with van der Waals surface area (Å²) in [6.07, 6.45) is 0. The van der Waals surface area contributed by atoms with Gasteiger partial charge in [-0.25, -0.2) is 9.97 Å². The molecule has 0 amide bonds. The highest BCUT2D eigenvalue weighted by molar-refractivity contribution is 6.17. The van der Waals surface area contributed by atoms with Gasteiger partial charge in [0.2, 0.25) is 0 Å². The van der Waals surface area contributed by atoms with E-state index in [1.807, 2.05) is 48.5 Å². The molecule has 0 atom stereocenters. The van der Waals surface area contributed by atoms with Crippen LogP contribution in [-0.2, 0) is 21.7 Å². The normalized spacial score (nSPS) is 12.8. The van der Waals surface area contributed by atoms with E-state index in [4.69, 9.17) is 14.4 Å². The molecule has 0 N–H and O–H groups in total. The van der Waals surface area contributed by atoms with Crippen LogP contribution in [0.25, 0.3) is 111 Å². The van der Waals surface area contributed by atoms with E-state index < -0.39 is 0 Å². The molecule has 0 aliphatic heterocycles. The number of benzene rings is 8. The van der Waals surface area contributed by atoms with Crippen molar-refractivity contribution < 1.29 is 4.42 Å². The minimum atomic E-state index is -0.0896. The monoisotopic (exact) mass is 978 g/mol. The molecule has 370 valence electrons. The summed E-state index contributed by atoms with van der Waals surface area (Å²) in [5.41, 5.74) is 16.6. The molecular weight excluding hydrogens is 915 g/mol. The van der Waals surface area contributed by atoms with Gasteiger partial charge in [-0.1, -0.05) is 180 Å². The van der Waals surface area contributed by atoms with E-state index in [1.54, 1.807) is 0 Å². The molecule has 12 aromatic rings. The Bertz CT molecular complexity index is 4120. The molecule has 0 aliphatic carbocycles. The number of nitrogens with zero attached hydrogens (tertiary/aromatic N) is 5. The molecule has 0 saturated heterocycles. The Labute approximate surface area is 439 Å². The molecule has 6 nitrogen and oxygen atoms in total. The van der Waals surface area contributed by atoms with Crippen LogP contribution in [0.2, 0.25) is 0 Å². The summed E-state index contributed by atoms with van der Waals surface area (Å²) in [5, 5.41) is 18.3. The van der Waals surface area contributed by atoms with E-state index in [9.17, 15) is 5.26 Å². The van der Waals surface area contributed by atoms with E-state index in [2.05, 4.69) is 214 Å². The Hall–Kier alpha value is -8.27. The number of hydrogen-bond acceptors (Lipinski definition) is 4. The van der Waals surface area contributed by atoms with Crippen LogP contribution in [0.3, 0.4) is 0 Å². The van der Waals surface area contributed by atoms with Gasteiger partial charge in [0.25, 0.3) is 0 Å². The van der Waals surface area contributed by atoms with Gasteiger partial charge in [0.15, 0.2) is 5.82 Å². The van der Waals surface area contributed by atoms with Crippen molar-refractivity contribution in [2.45, 2.75) is 105 Å². The van der Waals surface area contributed by atoms with Gasteiger partial charge in [-0.05, 0) is 105 Å². The van der Waals surface area contributed by atoms with Gasteiger partial charge in [-0.3, -0.25) is 0 Å². The van der Waals surface area contributed by atoms with E-state index in [0.29, 0.717) is 22.6 Å². The van der Waals surface area contributed by atoms with Gasteiger partial charge in [0, 0.05) is 55.1 Å². The van der Waals surface area contributed by atoms with Crippen LogP contribution < -0.4 is 0 Å². The average molecular weight is 978 g/mol. The SMILES string of the molecule is CC(C)(C)c1ccc2c(c1)c1cc(C(C)(C)C)ccc1n2-c1cc2oc3c(-c4cc(-c5ccccc5)nc(-c5ccccc5)n4)cccc3c2c(C#N)c1-n1c2ccc(C(C)(C)C)cc2c2cc(C(C)(C)C)ccc21. The minimum absolute atomic E-state index is 0.0809. The topological polar surface area (TPSA) is 72.6 Å². The third-order valence-electron chi connectivity index (χ3n) is 15.4. The van der Waals surface area contributed by atoms with Crippen LogP contribution in [0.1, 0.15) is 111 Å². The average Bonchev–Trinajstić information content (AvgIpc) is 4.08. The zero-order valence-electron chi connectivity index (χ0n) is 45.2. The molecule has 6 heteroatoms. The molecule has 0 radical (unpaired) electrons. The highest BCUT2D eigenvalue weighted by Crippen LogP contribution is 2.47. The molecule has 0 saturated carbocycles. The van der Waals surface area contributed by atoms with Gasteiger partial charge < -0.3 is 13.6 Å². The van der Waals surface area contributed by atoms with Crippen LogP contribution >= 0.6 is 0 Å². The molecular formula is C69H63N5O. The lowest BCUT2D eigenvalue weighted by Crippen LogP contribution is -2.11. The second kappa shape index (κ2) is 16.9. The first kappa shape index (κ1) is 47.7. The summed E-state index contributed by atoms with van der Waals surface area (Å²) in [5.74, 6) is 0.619. The molecule has 12 rings (SSSR count). The Morgan fingerprint density at radius 2 is 0.867 bits per heavy atom. The van der Waals surface area contributed by atoms with E-state index >= 15 is 0 Å². The highest BCUT2D eigenvalue weighted by atomic mass is 16.3. The van der Waals surface area contributed by atoms with Crippen molar-refractivity contribution in [3.8, 4) is 51.3 Å². The third kappa shape index (κ3) is 7.91. The zero-order valence-corrected chi connectivity index (χ0v) is 45.2. The lowest BCUT2D eigenvalue weighted by atomic mass is 9.85. The number of furan rings is 1. The fourth-order valence-corrected chi connectivity index (χ4v) is 11.1. The molecule has 4 heterocycles. The van der Waals surface area contributed by atoms with Gasteiger partial charge in [0.1, 0.15) is 17.2 Å². The van der Waals surface area contributed by atoms with E-state index in [0.717, 1.165) is 83.1 Å². The Kier molecular flexibility index (Phi) is 10.7. The predicted octanol–water partition coefficient (Wildman–Crippen LogP) is 18.6. The van der Waals surface area contributed by atoms with Gasteiger partial charge in [-0.2, -0.15) is 5.26 Å². The van der Waals surface area contributed by atoms with Crippen molar-refractivity contribution in [2.75, 3.05) is 0 Å². The quantitative estimate of drug-likeness (QED) is 0.172. The number of rotatable bonds is 5. The molecule has 0 unspecified atom stereocenters. The lowest BCUT2D eigenvalue weighted by molar-refractivity contribution is 0.590. The zero-order chi connectivity index (χ0) is 52.5. The predicted molar refractivity (Wildman–Crippen MR) is 314 cm³/mol. The van der Waals surface area contributed by atoms with Crippen molar-refractivity contribution in [1.29, 1.82) is 5.26 Å². The minimum Gasteiger partial charge on any atom is -0.455 e. The van der Waals surface area contributed by atoms with Crippen molar-refractivity contribution in [2.24, 2.45) is 0 Å². The van der Waals surface area contributed by atoms with Gasteiger partial charge in [-0.15, -0.1) is 0 Å². The summed E-state index contributed by atoms with van der Waals surface area (Å²) in [6.45, 7) is 27.3. The molecule has 75 heavy (non-hydrogen) atoms. The molecule has 0 aliphatic rings. The smallest absolute Gasteiger partial charge is 0.160 e. The van der Waals surface area contributed by atoms with Gasteiger partial charge in [0.05, 0.1) is 50.4 Å². The van der Waals surface area contributed by atoms with Crippen molar-refractivity contribution in [3.63, 3.8) is 0 Å². The van der Waals surface area contributed by atoms with Crippen LogP contribution in [0, 0.1) is 11.3 Å². The second-order valence-corrected chi connectivity index (χ2v) is 24.7. The summed E-state index contributed by atoms with van der Waals surface area (Å²) < 4.78 is 12.0. The first-order chi connectivity index (χ1) is 35.7. The Balaban J connectivity index is 1.25. The summed E-state index contributed by atoms with van der Waals surface area (Å²) in [7, 11) is 0. The van der Waals surface area contributed by atoms with Crippen LogP contribution in [0.4, 0.5) is 0 Å². The fraction of sp³-hybridized carbons (Fsp3) is 0.232. The first-order valence-electron chi connectivity index (χ1n) is 26.3. The number of para-hydroxylation sites is 1. The molecule has 0 spiro atoms. The fourth-order valence-electron chi connectivity index (χ4n) is 11.1. The third-order valence-corrected chi connectivity index (χ3v) is 15.4. The van der Waals surface area contributed by atoms with E-state index in [-0.39, 0.29) is 21.7 Å². The lowest BCUT2D eigenvalue weighted by Gasteiger charge is -2.21. The standard InChI is InChI=1S/C69H63N5O/c1-66(2,3)43-26-30-56-49(34-43)50-35-44(67(4,5)6)27-31-57(50)73(56)60-39-61-62(53(40-70)63(60)74-58-32-28-45(68(7,8)9)36-51(58)52-37-46(69(10,11)12)29-33-59(52)74)48-25-19-24-47(64(48)75-61)55-38-54(41-20-15-13-16-21-41)71-65(72-55)42-22-17-14-18-23-42/h13-39H,1-12H3. The number of fused-ring (bicyclic) bond motifs is 9. The maximum atomic E-state index is 12.1. The number of hydrogen-bond donors (Lipinski definition) is 0. The number of nitriles is 1. The molecule has 4 aromatic heterocycles. The van der Waals surface area contributed by atoms with Crippen molar-refractivity contribution in [1.82, 2.24) is 19.1 Å². The van der Waals surface area contributed by atoms with Crippen LogP contribution in [0.15, 0.2) is 168 Å². The maximum Gasteiger partial charge on any atom is 0.160 e. The van der Waals surface area contributed by atoms with Gasteiger partial charge >= 0.3 is 0 Å². The summed E-state index contributed by atoms with van der Waals surface area (Å²) in [6, 6.07) is 61.4. The molecule has 0 fully saturated rings. The van der Waals surface area contributed by atoms with Crippen molar-refractivity contribution in [3.05, 3.63) is 192 Å². The van der Waals surface area contributed by atoms with Crippen LogP contribution in [0.5, 0.6) is 0 Å². The summed E-state index contributed by atoms with van der Waals surface area (Å²) >= 11 is 0. The molecule has 8 aromatic carbocycles. The number of aromatic nitrogens is 4. The highest BCUT2D eigenvalue weighted by Gasteiger charge is 2.30. The second-order valence-electron chi connectivity index (χ2n) is 24.7. The van der Waals surface area contributed by atoms with E-state index in [1.165, 1.54) is 33.0 Å². The Morgan fingerprint density at radius 3 is 1.32 bits per heavy atom. The largest absolute Gasteiger partial charge is 0.455 e. The summed E-state index contributed by atoms with van der Waals surface area (Å²) in [4.78, 5) is 10.4. The first-order valence-corrected chi connectivity index (χ1v) is 26.3. The maximum absolute atomic E-state index is 12.1. The molecule has 0 bridgehead atoms. The van der Waals surface area contributed by atoms with Crippen molar-refractivity contribution >= 4 is 65.6 Å².